The molecule has 0 atom stereocenters. The average molecular weight is 401 g/mol. The van der Waals surface area contributed by atoms with Gasteiger partial charge in [0.1, 0.15) is 5.56 Å². The van der Waals surface area contributed by atoms with E-state index in [9.17, 15) is 14.9 Å². The number of rotatable bonds is 11. The van der Waals surface area contributed by atoms with Crippen LogP contribution in [0.15, 0.2) is 42.5 Å². The lowest BCUT2D eigenvalue weighted by atomic mass is 10.1. The zero-order chi connectivity index (χ0) is 21.2. The van der Waals surface area contributed by atoms with Crippen LogP contribution < -0.4 is 14.8 Å². The fourth-order valence-electron chi connectivity index (χ4n) is 2.93. The first-order chi connectivity index (χ1) is 14.0. The molecule has 0 aliphatic carbocycles. The van der Waals surface area contributed by atoms with Gasteiger partial charge in [0.25, 0.3) is 11.6 Å². The minimum absolute atomic E-state index is 0.0482. The minimum Gasteiger partial charge on any atom is -0.493 e. The van der Waals surface area contributed by atoms with E-state index in [1.54, 1.807) is 6.92 Å². The van der Waals surface area contributed by atoms with Crippen LogP contribution >= 0.6 is 0 Å². The molecule has 0 bridgehead atoms. The topological polar surface area (TPSA) is 93.9 Å². The zero-order valence-electron chi connectivity index (χ0n) is 17.0. The molecule has 0 heterocycles. The number of nitrogens with one attached hydrogen (secondary N) is 1. The maximum atomic E-state index is 12.5. The summed E-state index contributed by atoms with van der Waals surface area (Å²) in [6.45, 7) is 4.10. The van der Waals surface area contributed by atoms with Crippen molar-refractivity contribution in [1.82, 2.24) is 10.2 Å². The summed E-state index contributed by atoms with van der Waals surface area (Å²) in [5.74, 6) is 0.00902. The molecule has 0 radical (unpaired) electrons. The van der Waals surface area contributed by atoms with Crippen molar-refractivity contribution in [2.24, 2.45) is 0 Å². The van der Waals surface area contributed by atoms with E-state index >= 15 is 0 Å². The predicted molar refractivity (Wildman–Crippen MR) is 111 cm³/mol. The molecule has 8 nitrogen and oxygen atoms in total. The second-order valence-corrected chi connectivity index (χ2v) is 6.54. The summed E-state index contributed by atoms with van der Waals surface area (Å²) >= 11 is 0. The summed E-state index contributed by atoms with van der Waals surface area (Å²) < 4.78 is 10.6. The lowest BCUT2D eigenvalue weighted by Crippen LogP contribution is -2.28. The number of ether oxygens (including phenoxy) is 2. The molecule has 0 saturated heterocycles. The summed E-state index contributed by atoms with van der Waals surface area (Å²) in [5.41, 5.74) is 0.858. The van der Waals surface area contributed by atoms with Crippen LogP contribution in [0.4, 0.5) is 5.69 Å². The molecule has 8 heteroatoms. The molecule has 0 unspecified atom stereocenters. The van der Waals surface area contributed by atoms with E-state index in [0.717, 1.165) is 19.5 Å². The van der Waals surface area contributed by atoms with Gasteiger partial charge in [0.15, 0.2) is 11.5 Å². The molecule has 0 aliphatic heterocycles. The Kier molecular flexibility index (Phi) is 8.42. The smallest absolute Gasteiger partial charge is 0.286 e. The van der Waals surface area contributed by atoms with Gasteiger partial charge in [-0.3, -0.25) is 14.9 Å². The summed E-state index contributed by atoms with van der Waals surface area (Å²) in [4.78, 5) is 25.5. The molecule has 0 aromatic heterocycles. The Hall–Kier alpha value is -3.13. The Morgan fingerprint density at radius 1 is 1.21 bits per heavy atom. The number of benzene rings is 2. The second kappa shape index (κ2) is 11.0. The molecule has 156 valence electrons. The van der Waals surface area contributed by atoms with Crippen LogP contribution in [-0.4, -0.2) is 49.6 Å². The number of nitro groups is 1. The van der Waals surface area contributed by atoms with Crippen LogP contribution in [-0.2, 0) is 6.54 Å². The van der Waals surface area contributed by atoms with Crippen LogP contribution in [0.3, 0.4) is 0 Å². The van der Waals surface area contributed by atoms with Crippen LogP contribution in [0.2, 0.25) is 0 Å². The van der Waals surface area contributed by atoms with Gasteiger partial charge in [0.05, 0.1) is 24.7 Å². The molecule has 2 aromatic rings. The molecule has 1 amide bonds. The van der Waals surface area contributed by atoms with Gasteiger partial charge in [-0.1, -0.05) is 30.3 Å². The van der Waals surface area contributed by atoms with Gasteiger partial charge in [-0.25, -0.2) is 0 Å². The van der Waals surface area contributed by atoms with Gasteiger partial charge in [-0.15, -0.1) is 0 Å². The quantitative estimate of drug-likeness (QED) is 0.353. The lowest BCUT2D eigenvalue weighted by molar-refractivity contribution is -0.385. The Balaban J connectivity index is 1.95. The van der Waals surface area contributed by atoms with Crippen LogP contribution in [0.5, 0.6) is 11.5 Å². The first kappa shape index (κ1) is 22.2. The van der Waals surface area contributed by atoms with E-state index < -0.39 is 10.8 Å². The number of nitrogens with zero attached hydrogens (tertiary/aromatic N) is 2. The normalized spacial score (nSPS) is 10.6. The van der Waals surface area contributed by atoms with Gasteiger partial charge in [-0.05, 0) is 32.5 Å². The summed E-state index contributed by atoms with van der Waals surface area (Å²) in [5, 5.41) is 14.1. The van der Waals surface area contributed by atoms with E-state index in [0.29, 0.717) is 13.2 Å². The lowest BCUT2D eigenvalue weighted by Gasteiger charge is -2.17. The third kappa shape index (κ3) is 6.46. The number of hydrogen-bond acceptors (Lipinski definition) is 6. The largest absolute Gasteiger partial charge is 0.493 e. The van der Waals surface area contributed by atoms with Crippen molar-refractivity contribution in [2.75, 3.05) is 33.9 Å². The van der Waals surface area contributed by atoms with Crippen LogP contribution in [0.1, 0.15) is 29.3 Å². The molecule has 29 heavy (non-hydrogen) atoms. The van der Waals surface area contributed by atoms with Crippen molar-refractivity contribution in [3.63, 3.8) is 0 Å². The van der Waals surface area contributed by atoms with Crippen LogP contribution in [0.25, 0.3) is 0 Å². The Labute approximate surface area is 170 Å². The molecule has 2 rings (SSSR count). The first-order valence-electron chi connectivity index (χ1n) is 9.46. The van der Waals surface area contributed by atoms with Gasteiger partial charge in [-0.2, -0.15) is 0 Å². The van der Waals surface area contributed by atoms with Crippen molar-refractivity contribution >= 4 is 11.6 Å². The number of amides is 1. The van der Waals surface area contributed by atoms with Gasteiger partial charge in [0, 0.05) is 19.2 Å². The molecule has 0 fully saturated rings. The summed E-state index contributed by atoms with van der Waals surface area (Å²) in [7, 11) is 3.44. The highest BCUT2D eigenvalue weighted by Crippen LogP contribution is 2.34. The minimum atomic E-state index is -0.593. The molecular formula is C21H27N3O5. The second-order valence-electron chi connectivity index (χ2n) is 6.54. The van der Waals surface area contributed by atoms with Gasteiger partial charge >= 0.3 is 0 Å². The zero-order valence-corrected chi connectivity index (χ0v) is 17.0. The van der Waals surface area contributed by atoms with E-state index in [2.05, 4.69) is 22.3 Å². The number of hydrogen-bond donors (Lipinski definition) is 1. The van der Waals surface area contributed by atoms with Crippen molar-refractivity contribution in [3.05, 3.63) is 63.7 Å². The average Bonchev–Trinajstić information content (AvgIpc) is 2.71. The maximum absolute atomic E-state index is 12.5. The highest BCUT2D eigenvalue weighted by atomic mass is 16.6. The highest BCUT2D eigenvalue weighted by molar-refractivity contribution is 5.99. The molecule has 1 N–H and O–H groups in total. The summed E-state index contributed by atoms with van der Waals surface area (Å²) in [6, 6.07) is 12.7. The SMILES string of the molecule is CCOc1cc([N+](=O)[O-])c(C(=O)NCCCN(C)Cc2ccccc2)cc1OC. The fraction of sp³-hybridized carbons (Fsp3) is 0.381. The summed E-state index contributed by atoms with van der Waals surface area (Å²) in [6.07, 6.45) is 0.719. The third-order valence-corrected chi connectivity index (χ3v) is 4.32. The standard InChI is InChI=1S/C21H27N3O5/c1-4-29-20-14-18(24(26)27)17(13-19(20)28-3)21(25)22-11-8-12-23(2)15-16-9-6-5-7-10-16/h5-7,9-10,13-14H,4,8,11-12,15H2,1-3H3,(H,22,25). The molecule has 2 aromatic carbocycles. The van der Waals surface area contributed by atoms with Crippen LogP contribution in [0, 0.1) is 10.1 Å². The molecule has 0 spiro atoms. The number of nitro benzene ring substituents is 1. The fourth-order valence-corrected chi connectivity index (χ4v) is 2.93. The molecule has 0 saturated carbocycles. The van der Waals surface area contributed by atoms with E-state index in [1.807, 2.05) is 25.2 Å². The first-order valence-corrected chi connectivity index (χ1v) is 9.46. The Bertz CT molecular complexity index is 827. The maximum Gasteiger partial charge on any atom is 0.286 e. The van der Waals surface area contributed by atoms with Crippen molar-refractivity contribution in [2.45, 2.75) is 19.9 Å². The van der Waals surface area contributed by atoms with Crippen molar-refractivity contribution in [3.8, 4) is 11.5 Å². The van der Waals surface area contributed by atoms with Crippen molar-refractivity contribution in [1.29, 1.82) is 0 Å². The van der Waals surface area contributed by atoms with Gasteiger partial charge < -0.3 is 19.7 Å². The third-order valence-electron chi connectivity index (χ3n) is 4.32. The van der Waals surface area contributed by atoms with Crippen molar-refractivity contribution < 1.29 is 19.2 Å². The number of methoxy groups -OCH3 is 1. The molecular weight excluding hydrogens is 374 g/mol. The monoisotopic (exact) mass is 401 g/mol. The van der Waals surface area contributed by atoms with Gasteiger partial charge in [0.2, 0.25) is 0 Å². The van der Waals surface area contributed by atoms with E-state index in [-0.39, 0.29) is 22.7 Å². The number of carbonyl (C=O) groups is 1. The number of carbonyl (C=O) groups excluding carboxylic acids is 1. The Morgan fingerprint density at radius 2 is 1.93 bits per heavy atom. The Morgan fingerprint density at radius 3 is 2.55 bits per heavy atom. The van der Waals surface area contributed by atoms with E-state index in [4.69, 9.17) is 9.47 Å². The van der Waals surface area contributed by atoms with E-state index in [1.165, 1.54) is 24.8 Å². The highest BCUT2D eigenvalue weighted by Gasteiger charge is 2.24. The predicted octanol–water partition coefficient (Wildman–Crippen LogP) is 3.25. The molecule has 0 aliphatic rings.